The summed E-state index contributed by atoms with van der Waals surface area (Å²) in [5.74, 6) is -0.187. The van der Waals surface area contributed by atoms with Gasteiger partial charge in [0.25, 0.3) is 0 Å². The lowest BCUT2D eigenvalue weighted by Gasteiger charge is -2.36. The van der Waals surface area contributed by atoms with E-state index >= 15 is 0 Å². The van der Waals surface area contributed by atoms with Crippen molar-refractivity contribution in [1.29, 1.82) is 0 Å². The molecule has 1 aliphatic heterocycles. The number of carbonyl (C=O) groups excluding carboxylic acids is 1. The van der Waals surface area contributed by atoms with Crippen molar-refractivity contribution < 1.29 is 9.53 Å². The summed E-state index contributed by atoms with van der Waals surface area (Å²) in [6.07, 6.45) is 2.67. The minimum Gasteiger partial charge on any atom is -0.467 e. The largest absolute Gasteiger partial charge is 0.467 e. The highest BCUT2D eigenvalue weighted by molar-refractivity contribution is 7.80. The van der Waals surface area contributed by atoms with E-state index in [2.05, 4.69) is 0 Å². The molecule has 1 unspecified atom stereocenters. The summed E-state index contributed by atoms with van der Waals surface area (Å²) in [6.45, 7) is 0.680. The van der Waals surface area contributed by atoms with Gasteiger partial charge in [0, 0.05) is 6.54 Å². The van der Waals surface area contributed by atoms with Crippen LogP contribution in [0.4, 0.5) is 0 Å². The molecular weight excluding hydrogens is 246 g/mol. The molecule has 18 heavy (non-hydrogen) atoms. The molecule has 1 aromatic carbocycles. The maximum absolute atomic E-state index is 11.8. The zero-order valence-electron chi connectivity index (χ0n) is 10.5. The van der Waals surface area contributed by atoms with Crippen LogP contribution in [0.3, 0.4) is 0 Å². The van der Waals surface area contributed by atoms with Crippen LogP contribution < -0.4 is 0 Å². The van der Waals surface area contributed by atoms with Crippen LogP contribution in [-0.4, -0.2) is 29.0 Å². The SMILES string of the molecule is COC(=O)C1CCCC(=S)N1Cc1ccccc1. The van der Waals surface area contributed by atoms with Gasteiger partial charge in [-0.05, 0) is 24.8 Å². The van der Waals surface area contributed by atoms with E-state index in [9.17, 15) is 4.79 Å². The second-order valence-electron chi connectivity index (χ2n) is 4.44. The molecule has 0 aromatic heterocycles. The molecule has 0 saturated carbocycles. The van der Waals surface area contributed by atoms with Crippen molar-refractivity contribution in [2.75, 3.05) is 7.11 Å². The first-order chi connectivity index (χ1) is 8.72. The van der Waals surface area contributed by atoms with E-state index in [1.165, 1.54) is 7.11 Å². The van der Waals surface area contributed by atoms with Gasteiger partial charge in [-0.1, -0.05) is 42.5 Å². The number of esters is 1. The maximum Gasteiger partial charge on any atom is 0.328 e. The summed E-state index contributed by atoms with van der Waals surface area (Å²) in [5.41, 5.74) is 1.16. The highest BCUT2D eigenvalue weighted by Gasteiger charge is 2.31. The molecule has 1 saturated heterocycles. The van der Waals surface area contributed by atoms with Crippen molar-refractivity contribution in [3.63, 3.8) is 0 Å². The molecular formula is C14H17NO2S. The Hall–Kier alpha value is -1.42. The van der Waals surface area contributed by atoms with Crippen molar-refractivity contribution in [3.8, 4) is 0 Å². The van der Waals surface area contributed by atoms with Crippen molar-refractivity contribution in [2.24, 2.45) is 0 Å². The third kappa shape index (κ3) is 2.88. The van der Waals surface area contributed by atoms with E-state index in [1.807, 2.05) is 35.2 Å². The summed E-state index contributed by atoms with van der Waals surface area (Å²) < 4.78 is 4.87. The quantitative estimate of drug-likeness (QED) is 0.619. The fourth-order valence-electron chi connectivity index (χ4n) is 2.28. The minimum absolute atomic E-state index is 0.187. The monoisotopic (exact) mass is 263 g/mol. The zero-order valence-corrected chi connectivity index (χ0v) is 11.3. The van der Waals surface area contributed by atoms with Gasteiger partial charge in [-0.15, -0.1) is 0 Å². The van der Waals surface area contributed by atoms with Crippen LogP contribution in [0.1, 0.15) is 24.8 Å². The second kappa shape index (κ2) is 5.96. The molecule has 1 aromatic rings. The molecule has 96 valence electrons. The lowest BCUT2D eigenvalue weighted by Crippen LogP contribution is -2.47. The summed E-state index contributed by atoms with van der Waals surface area (Å²) in [5, 5.41) is 0. The van der Waals surface area contributed by atoms with E-state index < -0.39 is 0 Å². The Balaban J connectivity index is 2.15. The van der Waals surface area contributed by atoms with Gasteiger partial charge in [0.1, 0.15) is 6.04 Å². The van der Waals surface area contributed by atoms with Gasteiger partial charge in [0.05, 0.1) is 12.1 Å². The van der Waals surface area contributed by atoms with Gasteiger partial charge in [0.15, 0.2) is 0 Å². The average molecular weight is 263 g/mol. The summed E-state index contributed by atoms with van der Waals surface area (Å²) >= 11 is 5.39. The fourth-order valence-corrected chi connectivity index (χ4v) is 2.62. The third-order valence-corrected chi connectivity index (χ3v) is 3.67. The standard InChI is InChI=1S/C14H17NO2S/c1-17-14(16)12-8-5-9-13(18)15(12)10-11-6-3-2-4-7-11/h2-4,6-7,12H,5,8-10H2,1H3. The predicted octanol–water partition coefficient (Wildman–Crippen LogP) is 2.54. The van der Waals surface area contributed by atoms with Crippen LogP contribution in [0.5, 0.6) is 0 Å². The van der Waals surface area contributed by atoms with Crippen LogP contribution in [0.25, 0.3) is 0 Å². The van der Waals surface area contributed by atoms with Gasteiger partial charge in [-0.25, -0.2) is 4.79 Å². The van der Waals surface area contributed by atoms with E-state index in [1.54, 1.807) is 0 Å². The van der Waals surface area contributed by atoms with Crippen molar-refractivity contribution in [2.45, 2.75) is 31.8 Å². The lowest BCUT2D eigenvalue weighted by molar-refractivity contribution is -0.146. The van der Waals surface area contributed by atoms with Crippen LogP contribution in [0.2, 0.25) is 0 Å². The number of hydrogen-bond donors (Lipinski definition) is 0. The smallest absolute Gasteiger partial charge is 0.328 e. The van der Waals surface area contributed by atoms with Gasteiger partial charge in [-0.3, -0.25) is 0 Å². The first-order valence-corrected chi connectivity index (χ1v) is 6.54. The molecule has 0 spiro atoms. The second-order valence-corrected chi connectivity index (χ2v) is 4.91. The van der Waals surface area contributed by atoms with E-state index in [0.29, 0.717) is 6.54 Å². The fraction of sp³-hybridized carbons (Fsp3) is 0.429. The Morgan fingerprint density at radius 2 is 2.17 bits per heavy atom. The molecule has 1 aliphatic rings. The first-order valence-electron chi connectivity index (χ1n) is 6.13. The zero-order chi connectivity index (χ0) is 13.0. The predicted molar refractivity (Wildman–Crippen MR) is 74.2 cm³/mol. The summed E-state index contributed by atoms with van der Waals surface area (Å²) in [6, 6.07) is 9.84. The van der Waals surface area contributed by atoms with Gasteiger partial charge in [-0.2, -0.15) is 0 Å². The number of likely N-dealkylation sites (tertiary alicyclic amines) is 1. The van der Waals surface area contributed by atoms with E-state index in [0.717, 1.165) is 29.8 Å². The van der Waals surface area contributed by atoms with Crippen LogP contribution in [0, 0.1) is 0 Å². The molecule has 2 rings (SSSR count). The molecule has 0 bridgehead atoms. The minimum atomic E-state index is -0.226. The number of piperidine rings is 1. The number of benzene rings is 1. The molecule has 1 heterocycles. The Morgan fingerprint density at radius 1 is 1.44 bits per heavy atom. The van der Waals surface area contributed by atoms with Crippen LogP contribution >= 0.6 is 12.2 Å². The van der Waals surface area contributed by atoms with Crippen LogP contribution in [-0.2, 0) is 16.1 Å². The lowest BCUT2D eigenvalue weighted by atomic mass is 10.0. The summed E-state index contributed by atoms with van der Waals surface area (Å²) in [7, 11) is 1.43. The number of ether oxygens (including phenoxy) is 1. The number of nitrogens with zero attached hydrogens (tertiary/aromatic N) is 1. The van der Waals surface area contributed by atoms with Gasteiger partial charge in [0.2, 0.25) is 0 Å². The molecule has 1 fully saturated rings. The molecule has 4 heteroatoms. The van der Waals surface area contributed by atoms with E-state index in [4.69, 9.17) is 17.0 Å². The van der Waals surface area contributed by atoms with Crippen molar-refractivity contribution in [3.05, 3.63) is 35.9 Å². The molecule has 0 aliphatic carbocycles. The summed E-state index contributed by atoms with van der Waals surface area (Å²) in [4.78, 5) is 14.7. The number of rotatable bonds is 3. The topological polar surface area (TPSA) is 29.5 Å². The van der Waals surface area contributed by atoms with E-state index in [-0.39, 0.29) is 12.0 Å². The van der Waals surface area contributed by atoms with Gasteiger partial charge < -0.3 is 9.64 Å². The molecule has 0 radical (unpaired) electrons. The number of thiocarbonyl (C=S) groups is 1. The molecule has 0 N–H and O–H groups in total. The van der Waals surface area contributed by atoms with Crippen molar-refractivity contribution >= 4 is 23.2 Å². The highest BCUT2D eigenvalue weighted by atomic mass is 32.1. The number of carbonyl (C=O) groups is 1. The Morgan fingerprint density at radius 3 is 2.83 bits per heavy atom. The van der Waals surface area contributed by atoms with Crippen molar-refractivity contribution in [1.82, 2.24) is 4.90 Å². The number of methoxy groups -OCH3 is 1. The maximum atomic E-state index is 11.8. The Labute approximate surface area is 113 Å². The van der Waals surface area contributed by atoms with Gasteiger partial charge >= 0.3 is 5.97 Å². The first kappa shape index (κ1) is 13.0. The molecule has 3 nitrogen and oxygen atoms in total. The average Bonchev–Trinajstić information content (AvgIpc) is 2.41. The molecule has 0 amide bonds. The van der Waals surface area contributed by atoms with Crippen LogP contribution in [0.15, 0.2) is 30.3 Å². The highest BCUT2D eigenvalue weighted by Crippen LogP contribution is 2.22. The normalized spacial score (nSPS) is 19.7. The Bertz CT molecular complexity index is 433. The third-order valence-electron chi connectivity index (χ3n) is 3.23. The number of hydrogen-bond acceptors (Lipinski definition) is 3. The molecule has 1 atom stereocenters. The Kier molecular flexibility index (Phi) is 4.31.